The maximum Gasteiger partial charge on any atom is 0.170 e. The second kappa shape index (κ2) is 7.29. The molecule has 0 aliphatic heterocycles. The molecule has 4 nitrogen and oxygen atoms in total. The molecule has 0 bridgehead atoms. The summed E-state index contributed by atoms with van der Waals surface area (Å²) in [7, 11) is 0. The van der Waals surface area contributed by atoms with Gasteiger partial charge in [-0.1, -0.05) is 43.1 Å². The lowest BCUT2D eigenvalue weighted by Crippen LogP contribution is -2.25. The van der Waals surface area contributed by atoms with E-state index in [0.29, 0.717) is 0 Å². The van der Waals surface area contributed by atoms with E-state index >= 15 is 0 Å². The molecule has 0 atom stereocenters. The lowest BCUT2D eigenvalue weighted by Gasteiger charge is -2.26. The fourth-order valence-corrected chi connectivity index (χ4v) is 2.85. The summed E-state index contributed by atoms with van der Waals surface area (Å²) in [4.78, 5) is 0. The Morgan fingerprint density at radius 2 is 2.10 bits per heavy atom. The quantitative estimate of drug-likeness (QED) is 0.335. The van der Waals surface area contributed by atoms with Gasteiger partial charge in [-0.25, -0.2) is 0 Å². The lowest BCUT2D eigenvalue weighted by molar-refractivity contribution is 0.281. The number of benzene rings is 1. The number of oxime groups is 1. The van der Waals surface area contributed by atoms with Crippen LogP contribution in [0.4, 0.5) is 0 Å². The van der Waals surface area contributed by atoms with E-state index in [-0.39, 0.29) is 5.84 Å². The van der Waals surface area contributed by atoms with Gasteiger partial charge in [-0.3, -0.25) is 0 Å². The molecule has 0 amide bonds. The summed E-state index contributed by atoms with van der Waals surface area (Å²) in [6.45, 7) is 4.27. The van der Waals surface area contributed by atoms with Crippen LogP contribution in [0.15, 0.2) is 29.4 Å². The molecular formula is C16H25N3O. The minimum Gasteiger partial charge on any atom is -0.409 e. The number of nitrogens with zero attached hydrogens (tertiary/aromatic N) is 1. The molecule has 110 valence electrons. The number of rotatable bonds is 5. The molecule has 1 saturated carbocycles. The molecule has 0 unspecified atom stereocenters. The average molecular weight is 275 g/mol. The fraction of sp³-hybridized carbons (Fsp3) is 0.562. The number of amidine groups is 1. The highest BCUT2D eigenvalue weighted by Crippen LogP contribution is 2.27. The molecule has 1 aromatic carbocycles. The van der Waals surface area contributed by atoms with Gasteiger partial charge in [0.15, 0.2) is 5.84 Å². The minimum absolute atomic E-state index is 0.160. The van der Waals surface area contributed by atoms with Gasteiger partial charge in [0.25, 0.3) is 0 Å². The normalized spacial score (nSPS) is 23.8. The molecule has 2 rings (SSSR count). The largest absolute Gasteiger partial charge is 0.409 e. The third-order valence-corrected chi connectivity index (χ3v) is 4.23. The van der Waals surface area contributed by atoms with Crippen LogP contribution in [0.5, 0.6) is 0 Å². The second-order valence-corrected chi connectivity index (χ2v) is 5.94. The van der Waals surface area contributed by atoms with Crippen molar-refractivity contribution >= 4 is 5.84 Å². The predicted octanol–water partition coefficient (Wildman–Crippen LogP) is 2.70. The Labute approximate surface area is 121 Å². The standard InChI is InChI=1S/C16H25N3O/c1-12-5-7-13(8-6-12)10-18-11-14-3-2-4-15(9-14)16(17)19-20/h2-4,9,12-13,18,20H,5-8,10-11H2,1H3,(H2,17,19). The maximum absolute atomic E-state index is 8.69. The minimum atomic E-state index is 0.160. The first-order valence-corrected chi connectivity index (χ1v) is 7.46. The summed E-state index contributed by atoms with van der Waals surface area (Å²) < 4.78 is 0. The van der Waals surface area contributed by atoms with Gasteiger partial charge in [0.05, 0.1) is 0 Å². The third-order valence-electron chi connectivity index (χ3n) is 4.23. The van der Waals surface area contributed by atoms with Gasteiger partial charge in [0.2, 0.25) is 0 Å². The van der Waals surface area contributed by atoms with E-state index in [2.05, 4.69) is 23.5 Å². The fourth-order valence-electron chi connectivity index (χ4n) is 2.85. The first-order valence-electron chi connectivity index (χ1n) is 7.46. The van der Waals surface area contributed by atoms with Crippen molar-refractivity contribution in [2.45, 2.75) is 39.2 Å². The monoisotopic (exact) mass is 275 g/mol. The smallest absolute Gasteiger partial charge is 0.170 e. The van der Waals surface area contributed by atoms with Crippen molar-refractivity contribution in [3.63, 3.8) is 0 Å². The molecule has 1 aromatic rings. The van der Waals surface area contributed by atoms with Crippen LogP contribution in [0.3, 0.4) is 0 Å². The number of nitrogens with two attached hydrogens (primary N) is 1. The third kappa shape index (κ3) is 4.23. The Balaban J connectivity index is 1.79. The zero-order chi connectivity index (χ0) is 14.4. The summed E-state index contributed by atoms with van der Waals surface area (Å²) in [6, 6.07) is 7.81. The van der Waals surface area contributed by atoms with Crippen molar-refractivity contribution < 1.29 is 5.21 Å². The molecule has 0 aromatic heterocycles. The molecule has 4 heteroatoms. The summed E-state index contributed by atoms with van der Waals surface area (Å²) in [5.74, 6) is 1.88. The van der Waals surface area contributed by atoms with Crippen molar-refractivity contribution in [1.29, 1.82) is 0 Å². The predicted molar refractivity (Wildman–Crippen MR) is 81.8 cm³/mol. The van der Waals surface area contributed by atoms with Gasteiger partial charge >= 0.3 is 0 Å². The van der Waals surface area contributed by atoms with E-state index in [9.17, 15) is 0 Å². The molecule has 1 fully saturated rings. The lowest BCUT2D eigenvalue weighted by atomic mass is 9.83. The average Bonchev–Trinajstić information content (AvgIpc) is 2.49. The molecule has 0 radical (unpaired) electrons. The van der Waals surface area contributed by atoms with Crippen LogP contribution in [0.2, 0.25) is 0 Å². The van der Waals surface area contributed by atoms with Gasteiger partial charge in [0.1, 0.15) is 0 Å². The van der Waals surface area contributed by atoms with E-state index in [1.165, 1.54) is 31.2 Å². The number of hydrogen-bond donors (Lipinski definition) is 3. The molecule has 1 aliphatic carbocycles. The van der Waals surface area contributed by atoms with Gasteiger partial charge in [0, 0.05) is 12.1 Å². The first kappa shape index (κ1) is 14.9. The van der Waals surface area contributed by atoms with E-state index in [4.69, 9.17) is 10.9 Å². The first-order chi connectivity index (χ1) is 9.69. The van der Waals surface area contributed by atoms with Crippen molar-refractivity contribution in [2.24, 2.45) is 22.7 Å². The summed E-state index contributed by atoms with van der Waals surface area (Å²) in [6.07, 6.45) is 5.42. The van der Waals surface area contributed by atoms with E-state index in [1.54, 1.807) is 0 Å². The molecule has 0 saturated heterocycles. The summed E-state index contributed by atoms with van der Waals surface area (Å²) in [5.41, 5.74) is 7.53. The maximum atomic E-state index is 8.69. The Morgan fingerprint density at radius 3 is 2.80 bits per heavy atom. The van der Waals surface area contributed by atoms with Crippen molar-refractivity contribution in [1.82, 2.24) is 5.32 Å². The second-order valence-electron chi connectivity index (χ2n) is 5.94. The molecule has 0 spiro atoms. The topological polar surface area (TPSA) is 70.6 Å². The van der Waals surface area contributed by atoms with E-state index < -0.39 is 0 Å². The Bertz CT molecular complexity index is 451. The van der Waals surface area contributed by atoms with Crippen LogP contribution in [-0.2, 0) is 6.54 Å². The Hall–Kier alpha value is -1.55. The molecule has 4 N–H and O–H groups in total. The van der Waals surface area contributed by atoms with Gasteiger partial charge < -0.3 is 16.3 Å². The zero-order valence-electron chi connectivity index (χ0n) is 12.2. The van der Waals surface area contributed by atoms with Gasteiger partial charge in [-0.15, -0.1) is 0 Å². The highest BCUT2D eigenvalue weighted by molar-refractivity contribution is 5.97. The van der Waals surface area contributed by atoms with Gasteiger partial charge in [-0.05, 0) is 42.9 Å². The van der Waals surface area contributed by atoms with Crippen LogP contribution < -0.4 is 11.1 Å². The van der Waals surface area contributed by atoms with Crippen molar-refractivity contribution in [3.8, 4) is 0 Å². The van der Waals surface area contributed by atoms with Crippen LogP contribution in [0.1, 0.15) is 43.7 Å². The van der Waals surface area contributed by atoms with Crippen molar-refractivity contribution in [2.75, 3.05) is 6.54 Å². The Morgan fingerprint density at radius 1 is 1.35 bits per heavy atom. The number of nitrogens with one attached hydrogen (secondary N) is 1. The number of hydrogen-bond acceptors (Lipinski definition) is 3. The zero-order valence-corrected chi connectivity index (χ0v) is 12.2. The van der Waals surface area contributed by atoms with Gasteiger partial charge in [-0.2, -0.15) is 0 Å². The highest BCUT2D eigenvalue weighted by Gasteiger charge is 2.17. The van der Waals surface area contributed by atoms with Crippen LogP contribution in [-0.4, -0.2) is 17.6 Å². The molecule has 1 aliphatic rings. The summed E-state index contributed by atoms with van der Waals surface area (Å²) in [5, 5.41) is 15.3. The molecule has 0 heterocycles. The van der Waals surface area contributed by atoms with Crippen molar-refractivity contribution in [3.05, 3.63) is 35.4 Å². The van der Waals surface area contributed by atoms with Crippen LogP contribution in [0, 0.1) is 11.8 Å². The summed E-state index contributed by atoms with van der Waals surface area (Å²) >= 11 is 0. The SMILES string of the molecule is CC1CCC(CNCc2cccc(C(N)=NO)c2)CC1. The van der Waals surface area contributed by atoms with E-state index in [1.807, 2.05) is 18.2 Å². The Kier molecular flexibility index (Phi) is 5.41. The van der Waals surface area contributed by atoms with E-state index in [0.717, 1.165) is 30.5 Å². The highest BCUT2D eigenvalue weighted by atomic mass is 16.4. The molecule has 20 heavy (non-hydrogen) atoms. The van der Waals surface area contributed by atoms with Crippen LogP contribution in [0.25, 0.3) is 0 Å². The molecular weight excluding hydrogens is 250 g/mol. The van der Waals surface area contributed by atoms with Crippen LogP contribution >= 0.6 is 0 Å².